The molecule has 2 aromatic carbocycles. The molecule has 35 heavy (non-hydrogen) atoms. The lowest BCUT2D eigenvalue weighted by molar-refractivity contribution is -0.122. The van der Waals surface area contributed by atoms with Crippen molar-refractivity contribution in [3.05, 3.63) is 57.9 Å². The van der Waals surface area contributed by atoms with Gasteiger partial charge in [-0.1, -0.05) is 23.7 Å². The van der Waals surface area contributed by atoms with Crippen LogP contribution in [0.1, 0.15) is 18.1 Å². The standard InChI is InChI=1S/C24H26ClN3O5S2/c1-15-12-19(13-16(2)22(15)25)33-17(3)23(29)27-24-26-21(14-34-24)18-4-6-20(7-5-18)35(30,31)28-8-10-32-11-9-28/h4-7,12-14,17H,8-11H2,1-3H3,(H,26,27,29). The molecule has 1 atom stereocenters. The van der Waals surface area contributed by atoms with E-state index >= 15 is 0 Å². The van der Waals surface area contributed by atoms with E-state index in [1.165, 1.54) is 15.6 Å². The van der Waals surface area contributed by atoms with Crippen LogP contribution in [0.2, 0.25) is 5.02 Å². The quantitative estimate of drug-likeness (QED) is 0.478. The van der Waals surface area contributed by atoms with Crippen molar-refractivity contribution in [2.45, 2.75) is 31.8 Å². The summed E-state index contributed by atoms with van der Waals surface area (Å²) >= 11 is 7.48. The molecule has 11 heteroatoms. The number of ether oxygens (including phenoxy) is 2. The van der Waals surface area contributed by atoms with E-state index < -0.39 is 16.1 Å². The molecule has 0 bridgehead atoms. The lowest BCUT2D eigenvalue weighted by atomic mass is 10.1. The van der Waals surface area contributed by atoms with Crippen molar-refractivity contribution in [3.8, 4) is 17.0 Å². The normalized spacial score (nSPS) is 15.5. The Kier molecular flexibility index (Phi) is 7.77. The highest BCUT2D eigenvalue weighted by atomic mass is 35.5. The Bertz CT molecular complexity index is 1300. The van der Waals surface area contributed by atoms with E-state index in [-0.39, 0.29) is 10.8 Å². The fourth-order valence-electron chi connectivity index (χ4n) is 3.64. The maximum atomic E-state index is 12.8. The number of hydrogen-bond acceptors (Lipinski definition) is 7. The van der Waals surface area contributed by atoms with Gasteiger partial charge in [-0.3, -0.25) is 10.1 Å². The smallest absolute Gasteiger partial charge is 0.266 e. The summed E-state index contributed by atoms with van der Waals surface area (Å²) in [5.41, 5.74) is 3.14. The van der Waals surface area contributed by atoms with Gasteiger partial charge in [0.1, 0.15) is 5.75 Å². The maximum Gasteiger partial charge on any atom is 0.266 e. The molecule has 186 valence electrons. The van der Waals surface area contributed by atoms with Crippen LogP contribution >= 0.6 is 22.9 Å². The van der Waals surface area contributed by atoms with Gasteiger partial charge in [-0.05, 0) is 56.2 Å². The number of nitrogens with zero attached hydrogens (tertiary/aromatic N) is 2. The topological polar surface area (TPSA) is 97.8 Å². The summed E-state index contributed by atoms with van der Waals surface area (Å²) in [5.74, 6) is 0.238. The number of aryl methyl sites for hydroxylation is 2. The number of sulfonamides is 1. The highest BCUT2D eigenvalue weighted by molar-refractivity contribution is 7.89. The van der Waals surface area contributed by atoms with Gasteiger partial charge >= 0.3 is 0 Å². The highest BCUT2D eigenvalue weighted by Crippen LogP contribution is 2.28. The number of carbonyl (C=O) groups excluding carboxylic acids is 1. The highest BCUT2D eigenvalue weighted by Gasteiger charge is 2.26. The second-order valence-corrected chi connectivity index (χ2v) is 11.4. The summed E-state index contributed by atoms with van der Waals surface area (Å²) < 4.78 is 38.1. The van der Waals surface area contributed by atoms with E-state index in [2.05, 4.69) is 10.3 Å². The molecule has 3 aromatic rings. The summed E-state index contributed by atoms with van der Waals surface area (Å²) in [4.78, 5) is 17.3. The summed E-state index contributed by atoms with van der Waals surface area (Å²) in [5, 5.41) is 5.68. The lowest BCUT2D eigenvalue weighted by Gasteiger charge is -2.26. The van der Waals surface area contributed by atoms with Gasteiger partial charge in [0.15, 0.2) is 11.2 Å². The van der Waals surface area contributed by atoms with Crippen molar-refractivity contribution in [1.82, 2.24) is 9.29 Å². The molecule has 1 aliphatic heterocycles. The van der Waals surface area contributed by atoms with Gasteiger partial charge in [-0.2, -0.15) is 4.31 Å². The van der Waals surface area contributed by atoms with Gasteiger partial charge in [-0.25, -0.2) is 13.4 Å². The molecule has 0 aliphatic carbocycles. The predicted octanol–water partition coefficient (Wildman–Crippen LogP) is 4.51. The number of carbonyl (C=O) groups is 1. The number of hydrogen-bond donors (Lipinski definition) is 1. The molecule has 1 amide bonds. The van der Waals surface area contributed by atoms with Crippen LogP contribution in [-0.2, 0) is 19.6 Å². The molecule has 8 nitrogen and oxygen atoms in total. The zero-order valence-electron chi connectivity index (χ0n) is 19.6. The molecule has 1 fully saturated rings. The SMILES string of the molecule is Cc1cc(OC(C)C(=O)Nc2nc(-c3ccc(S(=O)(=O)N4CCOCC4)cc3)cs2)cc(C)c1Cl. The van der Waals surface area contributed by atoms with Crippen molar-refractivity contribution in [1.29, 1.82) is 0 Å². The molecule has 0 radical (unpaired) electrons. The molecule has 1 aliphatic rings. The Morgan fingerprint density at radius 2 is 1.80 bits per heavy atom. The lowest BCUT2D eigenvalue weighted by Crippen LogP contribution is -2.40. The molecular weight excluding hydrogens is 510 g/mol. The molecule has 4 rings (SSSR count). The molecule has 1 N–H and O–H groups in total. The van der Waals surface area contributed by atoms with Gasteiger partial charge in [0, 0.05) is 29.1 Å². The first-order valence-electron chi connectivity index (χ1n) is 11.0. The second-order valence-electron chi connectivity index (χ2n) is 8.20. The molecule has 1 saturated heterocycles. The van der Waals surface area contributed by atoms with Crippen molar-refractivity contribution in [2.75, 3.05) is 31.6 Å². The van der Waals surface area contributed by atoms with Crippen molar-refractivity contribution in [2.24, 2.45) is 0 Å². The second kappa shape index (κ2) is 10.6. The number of rotatable bonds is 7. The van der Waals surface area contributed by atoms with Crippen LogP contribution in [0.15, 0.2) is 46.7 Å². The molecule has 0 spiro atoms. The Labute approximate surface area is 213 Å². The van der Waals surface area contributed by atoms with Crippen LogP contribution in [-0.4, -0.2) is 56.0 Å². The Hall–Kier alpha value is -2.50. The molecule has 1 unspecified atom stereocenters. The number of morpholine rings is 1. The van der Waals surface area contributed by atoms with E-state index in [0.29, 0.717) is 47.9 Å². The van der Waals surface area contributed by atoms with Crippen LogP contribution in [0, 0.1) is 13.8 Å². The largest absolute Gasteiger partial charge is 0.481 e. The fraction of sp³-hybridized carbons (Fsp3) is 0.333. The number of aromatic nitrogens is 1. The zero-order valence-corrected chi connectivity index (χ0v) is 22.0. The third kappa shape index (κ3) is 5.84. The summed E-state index contributed by atoms with van der Waals surface area (Å²) in [6, 6.07) is 10.2. The first-order valence-corrected chi connectivity index (χ1v) is 13.7. The minimum atomic E-state index is -3.56. The number of amides is 1. The number of halogens is 1. The third-order valence-corrected chi connectivity index (χ3v) is 8.85. The van der Waals surface area contributed by atoms with E-state index in [0.717, 1.165) is 16.7 Å². The van der Waals surface area contributed by atoms with Crippen LogP contribution in [0.3, 0.4) is 0 Å². The Morgan fingerprint density at radius 3 is 2.43 bits per heavy atom. The minimum Gasteiger partial charge on any atom is -0.481 e. The minimum absolute atomic E-state index is 0.227. The van der Waals surface area contributed by atoms with Gasteiger partial charge in [-0.15, -0.1) is 11.3 Å². The Morgan fingerprint density at radius 1 is 1.17 bits per heavy atom. The Balaban J connectivity index is 1.40. The number of nitrogens with one attached hydrogen (secondary N) is 1. The number of anilines is 1. The van der Waals surface area contributed by atoms with Crippen LogP contribution in [0.4, 0.5) is 5.13 Å². The predicted molar refractivity (Wildman–Crippen MR) is 137 cm³/mol. The number of thiazole rings is 1. The van der Waals surface area contributed by atoms with Crippen LogP contribution < -0.4 is 10.1 Å². The molecule has 0 saturated carbocycles. The molecule has 2 heterocycles. The summed E-state index contributed by atoms with van der Waals surface area (Å²) in [6.07, 6.45) is -0.744. The van der Waals surface area contributed by atoms with Crippen LogP contribution in [0.25, 0.3) is 11.3 Å². The van der Waals surface area contributed by atoms with Gasteiger partial charge < -0.3 is 9.47 Å². The molecule has 1 aromatic heterocycles. The average molecular weight is 536 g/mol. The monoisotopic (exact) mass is 535 g/mol. The van der Waals surface area contributed by atoms with Gasteiger partial charge in [0.2, 0.25) is 10.0 Å². The third-order valence-electron chi connectivity index (χ3n) is 5.58. The summed E-state index contributed by atoms with van der Waals surface area (Å²) in [7, 11) is -3.56. The van der Waals surface area contributed by atoms with Crippen LogP contribution in [0.5, 0.6) is 5.75 Å². The van der Waals surface area contributed by atoms with E-state index in [1.807, 2.05) is 13.8 Å². The van der Waals surface area contributed by atoms with Gasteiger partial charge in [0.25, 0.3) is 5.91 Å². The summed E-state index contributed by atoms with van der Waals surface area (Å²) in [6.45, 7) is 6.91. The van der Waals surface area contributed by atoms with Crippen molar-refractivity contribution < 1.29 is 22.7 Å². The van der Waals surface area contributed by atoms with E-state index in [4.69, 9.17) is 21.1 Å². The van der Waals surface area contributed by atoms with Gasteiger partial charge in [0.05, 0.1) is 23.8 Å². The zero-order chi connectivity index (χ0) is 25.2. The first kappa shape index (κ1) is 25.6. The van der Waals surface area contributed by atoms with Crippen molar-refractivity contribution in [3.63, 3.8) is 0 Å². The van der Waals surface area contributed by atoms with E-state index in [9.17, 15) is 13.2 Å². The average Bonchev–Trinajstić information content (AvgIpc) is 3.31. The fourth-order valence-corrected chi connectivity index (χ4v) is 5.88. The van der Waals surface area contributed by atoms with E-state index in [1.54, 1.807) is 48.7 Å². The maximum absolute atomic E-state index is 12.8. The molecular formula is C24H26ClN3O5S2. The number of benzene rings is 2. The first-order chi connectivity index (χ1) is 16.6. The van der Waals surface area contributed by atoms with Crippen molar-refractivity contribution >= 4 is 44.0 Å².